The van der Waals surface area contributed by atoms with E-state index in [2.05, 4.69) is 36.5 Å². The van der Waals surface area contributed by atoms with Gasteiger partial charge in [-0.1, -0.05) is 0 Å². The molecule has 0 aliphatic carbocycles. The predicted molar refractivity (Wildman–Crippen MR) is 91.3 cm³/mol. The Balaban J connectivity index is 1.59. The third kappa shape index (κ3) is 3.23. The van der Waals surface area contributed by atoms with E-state index in [1.807, 2.05) is 28.6 Å². The van der Waals surface area contributed by atoms with Crippen LogP contribution in [0.4, 0.5) is 0 Å². The molecule has 6 heteroatoms. The van der Waals surface area contributed by atoms with Crippen molar-refractivity contribution in [3.8, 4) is 6.07 Å². The lowest BCUT2D eigenvalue weighted by Crippen LogP contribution is -2.24. The molecule has 0 spiro atoms. The van der Waals surface area contributed by atoms with Crippen molar-refractivity contribution in [3.63, 3.8) is 0 Å². The van der Waals surface area contributed by atoms with Crippen LogP contribution in [0, 0.1) is 24.2 Å². The zero-order valence-corrected chi connectivity index (χ0v) is 14.6. The van der Waals surface area contributed by atoms with E-state index < -0.39 is 0 Å². The molecule has 128 valence electrons. The van der Waals surface area contributed by atoms with Crippen molar-refractivity contribution in [2.45, 2.75) is 39.5 Å². The van der Waals surface area contributed by atoms with Gasteiger partial charge < -0.3 is 14.6 Å². The fourth-order valence-corrected chi connectivity index (χ4v) is 3.35. The number of hydrogen-bond donors (Lipinski definition) is 1. The van der Waals surface area contributed by atoms with E-state index >= 15 is 0 Å². The third-order valence-corrected chi connectivity index (χ3v) is 5.00. The van der Waals surface area contributed by atoms with Crippen LogP contribution in [-0.4, -0.2) is 27.5 Å². The molecule has 0 amide bonds. The maximum absolute atomic E-state index is 9.12. The summed E-state index contributed by atoms with van der Waals surface area (Å²) in [5, 5.41) is 17.0. The summed E-state index contributed by atoms with van der Waals surface area (Å²) in [6.45, 7) is 7.50. The van der Waals surface area contributed by atoms with E-state index in [9.17, 15) is 0 Å². The smallest absolute Gasteiger partial charge is 0.120 e. The van der Waals surface area contributed by atoms with Crippen LogP contribution in [0.25, 0.3) is 0 Å². The molecule has 3 rings (SSSR count). The van der Waals surface area contributed by atoms with Gasteiger partial charge in [-0.25, -0.2) is 0 Å². The van der Waals surface area contributed by atoms with Crippen molar-refractivity contribution >= 4 is 0 Å². The first-order valence-electron chi connectivity index (χ1n) is 8.54. The van der Waals surface area contributed by atoms with E-state index in [-0.39, 0.29) is 6.10 Å². The number of hydrogen-bond acceptors (Lipinski definition) is 4. The highest BCUT2D eigenvalue weighted by Gasteiger charge is 2.30. The topological polar surface area (TPSA) is 67.8 Å². The van der Waals surface area contributed by atoms with Gasteiger partial charge in [0, 0.05) is 56.7 Å². The van der Waals surface area contributed by atoms with Crippen molar-refractivity contribution in [3.05, 3.63) is 41.0 Å². The van der Waals surface area contributed by atoms with Gasteiger partial charge in [-0.15, -0.1) is 0 Å². The van der Waals surface area contributed by atoms with Gasteiger partial charge in [-0.05, 0) is 31.9 Å². The zero-order valence-electron chi connectivity index (χ0n) is 14.6. The molecule has 3 heterocycles. The number of nitrogens with zero attached hydrogens (tertiary/aromatic N) is 4. The number of aryl methyl sites for hydroxylation is 1. The van der Waals surface area contributed by atoms with Gasteiger partial charge in [-0.2, -0.15) is 10.4 Å². The maximum atomic E-state index is 9.12. The van der Waals surface area contributed by atoms with Gasteiger partial charge in [0.1, 0.15) is 11.8 Å². The molecule has 2 aromatic heterocycles. The van der Waals surface area contributed by atoms with Crippen molar-refractivity contribution in [1.82, 2.24) is 19.7 Å². The minimum atomic E-state index is 0.129. The summed E-state index contributed by atoms with van der Waals surface area (Å²) in [4.78, 5) is 0. The van der Waals surface area contributed by atoms with Crippen LogP contribution in [0.3, 0.4) is 0 Å². The Morgan fingerprint density at radius 1 is 1.50 bits per heavy atom. The lowest BCUT2D eigenvalue weighted by atomic mass is 9.97. The predicted octanol–water partition coefficient (Wildman–Crippen LogP) is 2.29. The van der Waals surface area contributed by atoms with Gasteiger partial charge in [0.25, 0.3) is 0 Å². The van der Waals surface area contributed by atoms with Crippen LogP contribution in [0.5, 0.6) is 0 Å². The fourth-order valence-electron chi connectivity index (χ4n) is 3.35. The number of nitrogens with one attached hydrogen (secondary N) is 1. The lowest BCUT2D eigenvalue weighted by Gasteiger charge is -2.18. The molecular weight excluding hydrogens is 302 g/mol. The highest BCUT2D eigenvalue weighted by Crippen LogP contribution is 2.33. The Kier molecular flexibility index (Phi) is 5.03. The molecule has 1 fully saturated rings. The van der Waals surface area contributed by atoms with Crippen molar-refractivity contribution in [1.29, 1.82) is 5.26 Å². The van der Waals surface area contributed by atoms with Crippen LogP contribution >= 0.6 is 0 Å². The number of aromatic nitrogens is 3. The molecule has 1 aliphatic rings. The molecule has 2 unspecified atom stereocenters. The summed E-state index contributed by atoms with van der Waals surface area (Å²) in [7, 11) is 1.93. The normalized spacial score (nSPS) is 20.4. The Morgan fingerprint density at radius 3 is 3.00 bits per heavy atom. The van der Waals surface area contributed by atoms with Crippen LogP contribution in [0.15, 0.2) is 18.5 Å². The second-order valence-electron chi connectivity index (χ2n) is 6.41. The highest BCUT2D eigenvalue weighted by atomic mass is 16.5. The first kappa shape index (κ1) is 16.7. The molecule has 1 saturated heterocycles. The Bertz CT molecular complexity index is 739. The first-order valence-corrected chi connectivity index (χ1v) is 8.54. The maximum Gasteiger partial charge on any atom is 0.120 e. The van der Waals surface area contributed by atoms with Gasteiger partial charge in [0.15, 0.2) is 0 Å². The second-order valence-corrected chi connectivity index (χ2v) is 6.41. The monoisotopic (exact) mass is 327 g/mol. The molecule has 24 heavy (non-hydrogen) atoms. The molecule has 2 aromatic rings. The van der Waals surface area contributed by atoms with E-state index in [1.165, 1.54) is 11.1 Å². The number of rotatable bonds is 6. The van der Waals surface area contributed by atoms with Gasteiger partial charge >= 0.3 is 0 Å². The minimum absolute atomic E-state index is 0.129. The van der Waals surface area contributed by atoms with Crippen molar-refractivity contribution in [2.75, 3.05) is 13.2 Å². The largest absolute Gasteiger partial charge is 0.373 e. The standard InChI is InChI=1S/C18H25N5O/c1-4-23-12-16(11-21-23)18-14(5-6-24-18)9-20-10-15-7-17(8-19)22(3)13(15)2/h7,11-12,14,18,20H,4-6,9-10H2,1-3H3. The molecular formula is C18H25N5O. The van der Waals surface area contributed by atoms with E-state index in [4.69, 9.17) is 10.00 Å². The van der Waals surface area contributed by atoms with Crippen LogP contribution in [-0.2, 0) is 24.9 Å². The van der Waals surface area contributed by atoms with Crippen LogP contribution in [0.1, 0.15) is 42.0 Å². The van der Waals surface area contributed by atoms with E-state index in [1.54, 1.807) is 0 Å². The van der Waals surface area contributed by atoms with Crippen molar-refractivity contribution < 1.29 is 4.74 Å². The molecule has 2 atom stereocenters. The van der Waals surface area contributed by atoms with Gasteiger partial charge in [0.05, 0.1) is 12.3 Å². The zero-order chi connectivity index (χ0) is 17.1. The summed E-state index contributed by atoms with van der Waals surface area (Å²) < 4.78 is 9.82. The molecule has 1 N–H and O–H groups in total. The minimum Gasteiger partial charge on any atom is -0.373 e. The van der Waals surface area contributed by atoms with Crippen molar-refractivity contribution in [2.24, 2.45) is 13.0 Å². The van der Waals surface area contributed by atoms with Gasteiger partial charge in [-0.3, -0.25) is 4.68 Å². The van der Waals surface area contributed by atoms with Gasteiger partial charge in [0.2, 0.25) is 0 Å². The summed E-state index contributed by atoms with van der Waals surface area (Å²) in [6, 6.07) is 4.20. The van der Waals surface area contributed by atoms with E-state index in [0.29, 0.717) is 11.6 Å². The molecule has 6 nitrogen and oxygen atoms in total. The second kappa shape index (κ2) is 7.20. The van der Waals surface area contributed by atoms with E-state index in [0.717, 1.165) is 38.4 Å². The van der Waals surface area contributed by atoms with Crippen LogP contribution < -0.4 is 5.32 Å². The third-order valence-electron chi connectivity index (χ3n) is 5.00. The highest BCUT2D eigenvalue weighted by molar-refractivity contribution is 5.34. The first-order chi connectivity index (χ1) is 11.6. The molecule has 0 radical (unpaired) electrons. The Morgan fingerprint density at radius 2 is 2.33 bits per heavy atom. The average Bonchev–Trinajstić information content (AvgIpc) is 3.29. The molecule has 1 aliphatic heterocycles. The summed E-state index contributed by atoms with van der Waals surface area (Å²) in [5.74, 6) is 0.457. The molecule has 0 saturated carbocycles. The Hall–Kier alpha value is -2.10. The fraction of sp³-hybridized carbons (Fsp3) is 0.556. The number of ether oxygens (including phenoxy) is 1. The molecule has 0 bridgehead atoms. The SMILES string of the molecule is CCn1cc(C2OCCC2CNCc2cc(C#N)n(C)c2C)cn1. The summed E-state index contributed by atoms with van der Waals surface area (Å²) in [5.41, 5.74) is 4.20. The van der Waals surface area contributed by atoms with Crippen LogP contribution in [0.2, 0.25) is 0 Å². The lowest BCUT2D eigenvalue weighted by molar-refractivity contribution is 0.0904. The molecule has 0 aromatic carbocycles. The average molecular weight is 327 g/mol. The summed E-state index contributed by atoms with van der Waals surface area (Å²) in [6.07, 6.45) is 5.20. The Labute approximate surface area is 143 Å². The quantitative estimate of drug-likeness (QED) is 0.884. The summed E-state index contributed by atoms with van der Waals surface area (Å²) >= 11 is 0. The number of nitriles is 1.